The van der Waals surface area contributed by atoms with E-state index in [0.29, 0.717) is 45.6 Å². The Morgan fingerprint density at radius 2 is 2.08 bits per heavy atom. The quantitative estimate of drug-likeness (QED) is 0.743. The number of rotatable bonds is 4. The van der Waals surface area contributed by atoms with E-state index in [-0.39, 0.29) is 36.6 Å². The molecule has 3 heterocycles. The Hall–Kier alpha value is -1.19. The van der Waals surface area contributed by atoms with Crippen molar-refractivity contribution in [3.63, 3.8) is 0 Å². The molecule has 0 bridgehead atoms. The fourth-order valence-corrected chi connectivity index (χ4v) is 5.48. The van der Waals surface area contributed by atoms with Crippen LogP contribution in [0.4, 0.5) is 0 Å². The zero-order chi connectivity index (χ0) is 18.2. The maximum Gasteiger partial charge on any atom is 0.311 e. The molecule has 3 rings (SSSR count). The van der Waals surface area contributed by atoms with Gasteiger partial charge in [0.1, 0.15) is 0 Å². The highest BCUT2D eigenvalue weighted by molar-refractivity contribution is 7.89. The van der Waals surface area contributed by atoms with Gasteiger partial charge in [-0.1, -0.05) is 0 Å². The molecular weight excluding hydrogens is 348 g/mol. The summed E-state index contributed by atoms with van der Waals surface area (Å²) in [7, 11) is -3.31. The number of sulfonamides is 1. The molecule has 25 heavy (non-hydrogen) atoms. The molecule has 3 fully saturated rings. The summed E-state index contributed by atoms with van der Waals surface area (Å²) in [6.45, 7) is 3.59. The number of fused-ring (bicyclic) bond motifs is 1. The molecule has 0 aromatic rings. The van der Waals surface area contributed by atoms with Gasteiger partial charge < -0.3 is 14.7 Å². The van der Waals surface area contributed by atoms with Crippen LogP contribution in [0.15, 0.2) is 0 Å². The van der Waals surface area contributed by atoms with Crippen LogP contribution in [0.3, 0.4) is 0 Å². The minimum atomic E-state index is -3.31. The lowest BCUT2D eigenvalue weighted by molar-refractivity contribution is -0.157. The van der Waals surface area contributed by atoms with Gasteiger partial charge in [0.15, 0.2) is 0 Å². The minimum Gasteiger partial charge on any atom is -0.481 e. The van der Waals surface area contributed by atoms with Crippen molar-refractivity contribution in [2.24, 2.45) is 17.3 Å². The van der Waals surface area contributed by atoms with Crippen LogP contribution in [0, 0.1) is 17.3 Å². The van der Waals surface area contributed by atoms with Gasteiger partial charge in [-0.25, -0.2) is 12.7 Å². The van der Waals surface area contributed by atoms with Crippen molar-refractivity contribution in [1.82, 2.24) is 9.21 Å². The maximum atomic E-state index is 12.9. The summed E-state index contributed by atoms with van der Waals surface area (Å²) >= 11 is 0. The van der Waals surface area contributed by atoms with Crippen LogP contribution in [0.1, 0.15) is 26.2 Å². The zero-order valence-corrected chi connectivity index (χ0v) is 15.3. The summed E-state index contributed by atoms with van der Waals surface area (Å²) in [5, 5.41) is 9.71. The Labute approximate surface area is 148 Å². The predicted octanol–water partition coefficient (Wildman–Crippen LogP) is -0.00220. The predicted molar refractivity (Wildman–Crippen MR) is 89.3 cm³/mol. The van der Waals surface area contributed by atoms with E-state index in [1.54, 1.807) is 11.8 Å². The number of aliphatic carboxylic acids is 1. The Kier molecular flexibility index (Phi) is 5.09. The molecule has 1 unspecified atom stereocenters. The number of carboxylic acid groups (broad SMARTS) is 1. The molecule has 0 saturated carbocycles. The monoisotopic (exact) mass is 374 g/mol. The molecule has 9 heteroatoms. The molecule has 1 amide bonds. The van der Waals surface area contributed by atoms with Crippen LogP contribution in [0.5, 0.6) is 0 Å². The van der Waals surface area contributed by atoms with Crippen LogP contribution >= 0.6 is 0 Å². The Morgan fingerprint density at radius 3 is 2.72 bits per heavy atom. The number of hydrogen-bond donors (Lipinski definition) is 1. The summed E-state index contributed by atoms with van der Waals surface area (Å²) in [6, 6.07) is 0. The van der Waals surface area contributed by atoms with Crippen molar-refractivity contribution >= 4 is 21.9 Å². The number of hydrogen-bond acceptors (Lipinski definition) is 5. The van der Waals surface area contributed by atoms with E-state index in [0.717, 1.165) is 0 Å². The lowest BCUT2D eigenvalue weighted by Crippen LogP contribution is -2.47. The van der Waals surface area contributed by atoms with E-state index in [9.17, 15) is 23.1 Å². The molecule has 142 valence electrons. The minimum absolute atomic E-state index is 0.0269. The first-order valence-electron chi connectivity index (χ1n) is 8.88. The van der Waals surface area contributed by atoms with Crippen LogP contribution in [0.25, 0.3) is 0 Å². The average Bonchev–Trinajstić information content (AvgIpc) is 3.02. The number of nitrogens with zero attached hydrogens (tertiary/aromatic N) is 2. The molecule has 3 saturated heterocycles. The van der Waals surface area contributed by atoms with Gasteiger partial charge in [-0.2, -0.15) is 0 Å². The van der Waals surface area contributed by atoms with Crippen molar-refractivity contribution in [1.29, 1.82) is 0 Å². The summed E-state index contributed by atoms with van der Waals surface area (Å²) in [5.74, 6) is -1.54. The fraction of sp³-hybridized carbons (Fsp3) is 0.875. The normalized spacial score (nSPS) is 33.9. The van der Waals surface area contributed by atoms with Gasteiger partial charge in [-0.05, 0) is 26.2 Å². The van der Waals surface area contributed by atoms with E-state index in [4.69, 9.17) is 4.74 Å². The smallest absolute Gasteiger partial charge is 0.311 e. The first-order valence-corrected chi connectivity index (χ1v) is 10.5. The molecule has 0 radical (unpaired) electrons. The van der Waals surface area contributed by atoms with E-state index < -0.39 is 21.4 Å². The molecule has 3 aliphatic heterocycles. The fourth-order valence-electron chi connectivity index (χ4n) is 4.30. The summed E-state index contributed by atoms with van der Waals surface area (Å²) in [6.07, 6.45) is 1.71. The first kappa shape index (κ1) is 18.6. The lowest BCUT2D eigenvalue weighted by Gasteiger charge is -2.34. The Bertz CT molecular complexity index is 651. The van der Waals surface area contributed by atoms with Gasteiger partial charge in [-0.15, -0.1) is 0 Å². The third kappa shape index (κ3) is 3.29. The summed E-state index contributed by atoms with van der Waals surface area (Å²) < 4.78 is 31.0. The molecule has 0 spiro atoms. The maximum absolute atomic E-state index is 12.9. The first-order chi connectivity index (χ1) is 11.8. The van der Waals surface area contributed by atoms with Crippen molar-refractivity contribution in [3.05, 3.63) is 0 Å². The summed E-state index contributed by atoms with van der Waals surface area (Å²) in [4.78, 5) is 26.4. The van der Waals surface area contributed by atoms with E-state index in [2.05, 4.69) is 0 Å². The Balaban J connectivity index is 1.72. The van der Waals surface area contributed by atoms with Crippen molar-refractivity contribution in [2.75, 3.05) is 45.1 Å². The second-order valence-electron chi connectivity index (χ2n) is 7.30. The van der Waals surface area contributed by atoms with Crippen molar-refractivity contribution in [3.8, 4) is 0 Å². The number of carboxylic acids is 1. The van der Waals surface area contributed by atoms with Gasteiger partial charge in [0.25, 0.3) is 0 Å². The van der Waals surface area contributed by atoms with Gasteiger partial charge in [-0.3, -0.25) is 9.59 Å². The number of carbonyl (C=O) groups excluding carboxylic acids is 1. The molecule has 1 N–H and O–H groups in total. The zero-order valence-electron chi connectivity index (χ0n) is 14.5. The van der Waals surface area contributed by atoms with Gasteiger partial charge >= 0.3 is 5.97 Å². The SMILES string of the molecule is CCS(=O)(=O)N1CCCC(C(=O)N2C[C@H]3COCC[C@@]3(C(=O)O)C2)C1. The van der Waals surface area contributed by atoms with Crippen LogP contribution in [-0.4, -0.2) is 79.8 Å². The van der Waals surface area contributed by atoms with E-state index in [1.165, 1.54) is 4.31 Å². The second-order valence-corrected chi connectivity index (χ2v) is 9.56. The van der Waals surface area contributed by atoms with Crippen LogP contribution < -0.4 is 0 Å². The number of ether oxygens (including phenoxy) is 1. The molecule has 3 atom stereocenters. The topological polar surface area (TPSA) is 104 Å². The average molecular weight is 374 g/mol. The van der Waals surface area contributed by atoms with E-state index >= 15 is 0 Å². The van der Waals surface area contributed by atoms with Crippen LogP contribution in [0.2, 0.25) is 0 Å². The molecule has 0 aromatic heterocycles. The third-order valence-corrected chi connectivity index (χ3v) is 7.78. The Morgan fingerprint density at radius 1 is 1.32 bits per heavy atom. The molecule has 0 aromatic carbocycles. The van der Waals surface area contributed by atoms with Gasteiger partial charge in [0, 0.05) is 38.7 Å². The summed E-state index contributed by atoms with van der Waals surface area (Å²) in [5.41, 5.74) is -0.919. The van der Waals surface area contributed by atoms with E-state index in [1.807, 2.05) is 0 Å². The molecular formula is C16H26N2O6S. The third-order valence-electron chi connectivity index (χ3n) is 5.94. The highest BCUT2D eigenvalue weighted by Crippen LogP contribution is 2.43. The van der Waals surface area contributed by atoms with Gasteiger partial charge in [0.2, 0.25) is 15.9 Å². The second kappa shape index (κ2) is 6.85. The lowest BCUT2D eigenvalue weighted by atomic mass is 9.74. The van der Waals surface area contributed by atoms with Crippen molar-refractivity contribution in [2.45, 2.75) is 26.2 Å². The number of piperidine rings is 1. The number of likely N-dealkylation sites (tertiary alicyclic amines) is 1. The van der Waals surface area contributed by atoms with Gasteiger partial charge in [0.05, 0.1) is 23.7 Å². The number of carbonyl (C=O) groups is 2. The standard InChI is InChI=1S/C16H26N2O6S/c1-2-25(22,23)18-6-3-4-12(8-18)14(19)17-9-13-10-24-7-5-16(13,11-17)15(20)21/h12-13H,2-11H2,1H3,(H,20,21)/t12?,13-,16+/m0/s1. The molecule has 0 aliphatic carbocycles. The highest BCUT2D eigenvalue weighted by Gasteiger charge is 2.55. The van der Waals surface area contributed by atoms with Crippen LogP contribution in [-0.2, 0) is 24.3 Å². The number of amides is 1. The highest BCUT2D eigenvalue weighted by atomic mass is 32.2. The largest absolute Gasteiger partial charge is 0.481 e. The van der Waals surface area contributed by atoms with Crippen molar-refractivity contribution < 1.29 is 27.9 Å². The molecule has 8 nitrogen and oxygen atoms in total. The molecule has 3 aliphatic rings.